The Balaban J connectivity index is 1.35. The van der Waals surface area contributed by atoms with Gasteiger partial charge in [0, 0.05) is 61.1 Å². The summed E-state index contributed by atoms with van der Waals surface area (Å²) in [5, 5.41) is 0.549. The second-order valence-corrected chi connectivity index (χ2v) is 14.7. The Hall–Kier alpha value is -2.59. The summed E-state index contributed by atoms with van der Waals surface area (Å²) in [7, 11) is 0. The van der Waals surface area contributed by atoms with Crippen molar-refractivity contribution in [1.82, 2.24) is 9.80 Å². The van der Waals surface area contributed by atoms with Gasteiger partial charge in [-0.25, -0.2) is 4.39 Å². The first kappa shape index (κ1) is 35.7. The van der Waals surface area contributed by atoms with Crippen molar-refractivity contribution in [3.8, 4) is 5.75 Å². The van der Waals surface area contributed by atoms with E-state index in [-0.39, 0.29) is 24.4 Å². The van der Waals surface area contributed by atoms with Crippen LogP contribution in [0.2, 0.25) is 5.02 Å². The van der Waals surface area contributed by atoms with Gasteiger partial charge < -0.3 is 19.3 Å². The average molecular weight is 726 g/mol. The molecule has 7 nitrogen and oxygen atoms in total. The maximum absolute atomic E-state index is 14.0. The molecule has 1 saturated carbocycles. The zero-order chi connectivity index (χ0) is 33.4. The molecule has 1 aliphatic heterocycles. The van der Waals surface area contributed by atoms with Crippen LogP contribution >= 0.6 is 46.4 Å². The molecule has 2 atom stereocenters. The molecule has 12 heteroatoms. The van der Waals surface area contributed by atoms with Gasteiger partial charge in [-0.2, -0.15) is 0 Å². The number of nitrogens with zero attached hydrogens (tertiary/aromatic N) is 3. The number of halogens is 5. The fourth-order valence-electron chi connectivity index (χ4n) is 6.24. The van der Waals surface area contributed by atoms with Crippen LogP contribution < -0.4 is 9.64 Å². The van der Waals surface area contributed by atoms with Gasteiger partial charge in [0.2, 0.25) is 0 Å². The largest absolute Gasteiger partial charge is 0.492 e. The van der Waals surface area contributed by atoms with Crippen LogP contribution in [0.25, 0.3) is 0 Å². The van der Waals surface area contributed by atoms with E-state index in [4.69, 9.17) is 55.9 Å². The molecule has 47 heavy (non-hydrogen) atoms. The number of anilines is 1. The van der Waals surface area contributed by atoms with Crippen molar-refractivity contribution in [2.24, 2.45) is 5.92 Å². The van der Waals surface area contributed by atoms with E-state index >= 15 is 0 Å². The lowest BCUT2D eigenvalue weighted by atomic mass is 9.84. The van der Waals surface area contributed by atoms with Gasteiger partial charge in [-0.15, -0.1) is 0 Å². The zero-order valence-corrected chi connectivity index (χ0v) is 29.0. The fraction of sp³-hybridized carbons (Fsp3) is 0.429. The fourth-order valence-corrected chi connectivity index (χ4v) is 6.78. The Labute approximate surface area is 295 Å². The Morgan fingerprint density at radius 3 is 2.45 bits per heavy atom. The van der Waals surface area contributed by atoms with E-state index in [1.165, 1.54) is 24.3 Å². The lowest BCUT2D eigenvalue weighted by molar-refractivity contribution is -0.134. The van der Waals surface area contributed by atoms with Gasteiger partial charge in [0.15, 0.2) is 0 Å². The van der Waals surface area contributed by atoms with Crippen LogP contribution in [0.5, 0.6) is 5.75 Å². The summed E-state index contributed by atoms with van der Waals surface area (Å²) in [6.07, 6.45) is 2.97. The highest BCUT2D eigenvalue weighted by Gasteiger charge is 2.40. The lowest BCUT2D eigenvalue weighted by Gasteiger charge is -2.40. The molecule has 3 aromatic rings. The number of hydrogen-bond donors (Lipinski definition) is 0. The molecular formula is C35H38Cl4FN3O4. The third-order valence-corrected chi connectivity index (χ3v) is 9.35. The highest BCUT2D eigenvalue weighted by molar-refractivity contribution is 6.76. The first-order valence-electron chi connectivity index (χ1n) is 15.8. The highest BCUT2D eigenvalue weighted by Crippen LogP contribution is 2.36. The van der Waals surface area contributed by atoms with Crippen LogP contribution in [0.15, 0.2) is 72.8 Å². The molecular weight excluding hydrogens is 687 g/mol. The summed E-state index contributed by atoms with van der Waals surface area (Å²) in [6.45, 7) is 5.05. The van der Waals surface area contributed by atoms with E-state index in [0.29, 0.717) is 41.6 Å². The minimum atomic E-state index is -2.13. The number of rotatable bonds is 11. The molecule has 252 valence electrons. The normalized spacial score (nSPS) is 18.8. The SMILES string of the molecule is O=C(c1ccc(F)cc1)N(CC1CCCC(N(Cc2cccc(Cl)c2)C(=O)C(Cl)(Cl)Cl)C1)c1cccc(OCCN2CCOCC2)c1. The van der Waals surface area contributed by atoms with Crippen LogP contribution in [-0.4, -0.2) is 77.4 Å². The van der Waals surface area contributed by atoms with Gasteiger partial charge in [0.05, 0.1) is 13.2 Å². The van der Waals surface area contributed by atoms with Crippen molar-refractivity contribution in [3.63, 3.8) is 0 Å². The Bertz CT molecular complexity index is 1500. The van der Waals surface area contributed by atoms with Gasteiger partial charge >= 0.3 is 0 Å². The highest BCUT2D eigenvalue weighted by atomic mass is 35.6. The predicted molar refractivity (Wildman–Crippen MR) is 185 cm³/mol. The molecule has 1 aliphatic carbocycles. The Morgan fingerprint density at radius 2 is 1.72 bits per heavy atom. The van der Waals surface area contributed by atoms with Gasteiger partial charge in [-0.1, -0.05) is 71.0 Å². The molecule has 2 amide bonds. The van der Waals surface area contributed by atoms with Gasteiger partial charge in [0.1, 0.15) is 18.2 Å². The molecule has 0 aromatic heterocycles. The number of ether oxygens (including phenoxy) is 2. The summed E-state index contributed by atoms with van der Waals surface area (Å²) < 4.78 is 23.2. The number of benzene rings is 3. The van der Waals surface area contributed by atoms with E-state index in [1.807, 2.05) is 36.4 Å². The minimum absolute atomic E-state index is 0.0223. The summed E-state index contributed by atoms with van der Waals surface area (Å²) in [6, 6.07) is 20.0. The van der Waals surface area contributed by atoms with E-state index in [1.54, 1.807) is 21.9 Å². The molecule has 2 fully saturated rings. The molecule has 1 saturated heterocycles. The van der Waals surface area contributed by atoms with Crippen LogP contribution in [-0.2, 0) is 16.1 Å². The number of carbonyl (C=O) groups is 2. The standard InChI is InChI=1S/C35H38Cl4FN3O4/c36-28-6-1-4-25(20-28)24-43(34(45)35(37,38)39)30-7-2-5-26(21-30)23-42(33(44)27-10-12-29(40)13-11-27)31-8-3-9-32(22-31)47-19-16-41-14-17-46-18-15-41/h1,3-4,6,8-13,20,22,26,30H,2,5,7,14-19,21,23-24H2. The second-order valence-electron chi connectivity index (χ2n) is 12.0. The first-order chi connectivity index (χ1) is 22.6. The van der Waals surface area contributed by atoms with Crippen molar-refractivity contribution in [1.29, 1.82) is 0 Å². The van der Waals surface area contributed by atoms with E-state index in [0.717, 1.165) is 57.7 Å². The van der Waals surface area contributed by atoms with E-state index < -0.39 is 15.5 Å². The van der Waals surface area contributed by atoms with Gasteiger partial charge in [-0.3, -0.25) is 14.5 Å². The molecule has 2 aliphatic rings. The summed E-state index contributed by atoms with van der Waals surface area (Å²) in [4.78, 5) is 33.1. The van der Waals surface area contributed by atoms with Crippen molar-refractivity contribution < 1.29 is 23.5 Å². The quantitative estimate of drug-likeness (QED) is 0.189. The van der Waals surface area contributed by atoms with Crippen molar-refractivity contribution >= 4 is 63.9 Å². The molecule has 0 N–H and O–H groups in total. The number of alkyl halides is 3. The zero-order valence-electron chi connectivity index (χ0n) is 25.9. The van der Waals surface area contributed by atoms with Crippen LogP contribution in [0, 0.1) is 11.7 Å². The average Bonchev–Trinajstić information content (AvgIpc) is 3.06. The third kappa shape index (κ3) is 10.2. The smallest absolute Gasteiger partial charge is 0.275 e. The Morgan fingerprint density at radius 1 is 0.979 bits per heavy atom. The van der Waals surface area contributed by atoms with Gasteiger partial charge in [-0.05, 0) is 79.3 Å². The third-order valence-electron chi connectivity index (χ3n) is 8.63. The van der Waals surface area contributed by atoms with Crippen LogP contribution in [0.4, 0.5) is 10.1 Å². The number of amides is 2. The van der Waals surface area contributed by atoms with E-state index in [9.17, 15) is 14.0 Å². The number of carbonyl (C=O) groups excluding carboxylic acids is 2. The monoisotopic (exact) mass is 723 g/mol. The summed E-state index contributed by atoms with van der Waals surface area (Å²) in [5.41, 5.74) is 1.85. The summed E-state index contributed by atoms with van der Waals surface area (Å²) >= 11 is 24.6. The minimum Gasteiger partial charge on any atom is -0.492 e. The molecule has 1 heterocycles. The molecule has 2 unspecified atom stereocenters. The van der Waals surface area contributed by atoms with Crippen LogP contribution in [0.3, 0.4) is 0 Å². The van der Waals surface area contributed by atoms with E-state index in [2.05, 4.69) is 4.90 Å². The van der Waals surface area contributed by atoms with Crippen LogP contribution in [0.1, 0.15) is 41.6 Å². The molecule has 0 bridgehead atoms. The number of hydrogen-bond acceptors (Lipinski definition) is 5. The lowest BCUT2D eigenvalue weighted by Crippen LogP contribution is -2.48. The molecule has 0 spiro atoms. The molecule has 0 radical (unpaired) electrons. The predicted octanol–water partition coefficient (Wildman–Crippen LogP) is 7.79. The van der Waals surface area contributed by atoms with Crippen molar-refractivity contribution in [2.45, 2.75) is 42.1 Å². The molecule has 3 aromatic carbocycles. The topological polar surface area (TPSA) is 62.3 Å². The summed E-state index contributed by atoms with van der Waals surface area (Å²) in [5.74, 6) is -0.610. The second kappa shape index (κ2) is 16.7. The Kier molecular flexibility index (Phi) is 12.7. The maximum atomic E-state index is 14.0. The van der Waals surface area contributed by atoms with Crippen molar-refractivity contribution in [2.75, 3.05) is 50.9 Å². The first-order valence-corrected chi connectivity index (χ1v) is 17.3. The maximum Gasteiger partial charge on any atom is 0.275 e. The van der Waals surface area contributed by atoms with Gasteiger partial charge in [0.25, 0.3) is 15.6 Å². The molecule has 5 rings (SSSR count). The number of morpholine rings is 1. The van der Waals surface area contributed by atoms with Crippen molar-refractivity contribution in [3.05, 3.63) is 94.8 Å².